The van der Waals surface area contributed by atoms with Gasteiger partial charge in [0.15, 0.2) is 0 Å². The Kier molecular flexibility index (Phi) is 4.86. The third-order valence-corrected chi connectivity index (χ3v) is 4.83. The summed E-state index contributed by atoms with van der Waals surface area (Å²) in [7, 11) is 0. The van der Waals surface area contributed by atoms with Crippen LogP contribution < -0.4 is 5.73 Å². The molecule has 114 valence electrons. The van der Waals surface area contributed by atoms with Gasteiger partial charge in [0.2, 0.25) is 0 Å². The first-order chi connectivity index (χ1) is 9.48. The topological polar surface area (TPSA) is 47.1 Å². The second-order valence-corrected chi connectivity index (χ2v) is 6.45. The summed E-state index contributed by atoms with van der Waals surface area (Å²) in [6, 6.07) is 2.37. The van der Waals surface area contributed by atoms with Gasteiger partial charge in [0.25, 0.3) is 0 Å². The lowest BCUT2D eigenvalue weighted by Crippen LogP contribution is -2.56. The number of hydrogen-bond acceptors (Lipinski definition) is 3. The van der Waals surface area contributed by atoms with Crippen LogP contribution in [0.4, 0.5) is 0 Å². The Labute approximate surface area is 123 Å². The molecule has 1 aromatic heterocycles. The summed E-state index contributed by atoms with van der Waals surface area (Å²) < 4.78 is 2.11. The highest BCUT2D eigenvalue weighted by Gasteiger charge is 2.35. The molecule has 1 aromatic rings. The Balaban J connectivity index is 2.10. The van der Waals surface area contributed by atoms with Crippen molar-refractivity contribution in [3.63, 3.8) is 0 Å². The van der Waals surface area contributed by atoms with Crippen molar-refractivity contribution in [2.24, 2.45) is 5.73 Å². The molecule has 0 bridgehead atoms. The third-order valence-electron chi connectivity index (χ3n) is 4.83. The van der Waals surface area contributed by atoms with Crippen LogP contribution in [-0.2, 0) is 19.4 Å². The molecule has 0 radical (unpaired) electrons. The first kappa shape index (κ1) is 15.5. The quantitative estimate of drug-likeness (QED) is 0.868. The Morgan fingerprint density at radius 2 is 1.95 bits per heavy atom. The summed E-state index contributed by atoms with van der Waals surface area (Å²) in [6.45, 7) is 12.2. The fraction of sp³-hybridized carbons (Fsp3) is 0.812. The number of aromatic nitrogens is 2. The van der Waals surface area contributed by atoms with Gasteiger partial charge < -0.3 is 5.73 Å². The molecule has 0 aromatic carbocycles. The minimum absolute atomic E-state index is 0.0612. The van der Waals surface area contributed by atoms with E-state index in [9.17, 15) is 0 Å². The molecule has 1 fully saturated rings. The molecule has 2 N–H and O–H groups in total. The maximum Gasteiger partial charge on any atom is 0.0624 e. The van der Waals surface area contributed by atoms with Crippen molar-refractivity contribution in [2.45, 2.75) is 71.5 Å². The second-order valence-electron chi connectivity index (χ2n) is 6.45. The molecule has 2 heterocycles. The highest BCUT2D eigenvalue weighted by atomic mass is 15.3. The van der Waals surface area contributed by atoms with Crippen LogP contribution in [0.3, 0.4) is 0 Å². The van der Waals surface area contributed by atoms with Crippen LogP contribution in [0.15, 0.2) is 6.07 Å². The number of likely N-dealkylation sites (tertiary alicyclic amines) is 1. The van der Waals surface area contributed by atoms with E-state index in [0.717, 1.165) is 19.4 Å². The van der Waals surface area contributed by atoms with E-state index >= 15 is 0 Å². The molecule has 20 heavy (non-hydrogen) atoms. The predicted octanol–water partition coefficient (Wildman–Crippen LogP) is 2.21. The second kappa shape index (κ2) is 6.27. The van der Waals surface area contributed by atoms with Crippen LogP contribution in [0.2, 0.25) is 0 Å². The smallest absolute Gasteiger partial charge is 0.0624 e. The van der Waals surface area contributed by atoms with Crippen LogP contribution in [0, 0.1) is 0 Å². The molecule has 0 aliphatic carbocycles. The molecule has 1 unspecified atom stereocenters. The molecular formula is C16H30N4. The Bertz CT molecular complexity index is 430. The Morgan fingerprint density at radius 3 is 2.50 bits per heavy atom. The van der Waals surface area contributed by atoms with Crippen molar-refractivity contribution < 1.29 is 0 Å². The van der Waals surface area contributed by atoms with Crippen LogP contribution >= 0.6 is 0 Å². The van der Waals surface area contributed by atoms with Gasteiger partial charge in [-0.15, -0.1) is 0 Å². The van der Waals surface area contributed by atoms with E-state index in [0.29, 0.717) is 0 Å². The van der Waals surface area contributed by atoms with E-state index in [1.165, 1.54) is 37.3 Å². The van der Waals surface area contributed by atoms with Gasteiger partial charge in [-0.3, -0.25) is 9.58 Å². The van der Waals surface area contributed by atoms with Crippen molar-refractivity contribution in [1.29, 1.82) is 0 Å². The predicted molar refractivity (Wildman–Crippen MR) is 83.8 cm³/mol. The van der Waals surface area contributed by atoms with Crippen LogP contribution in [-0.4, -0.2) is 39.4 Å². The lowest BCUT2D eigenvalue weighted by molar-refractivity contribution is 0.122. The summed E-state index contributed by atoms with van der Waals surface area (Å²) in [5.41, 5.74) is 9.07. The normalized spacial score (nSPS) is 18.6. The molecule has 4 nitrogen and oxygen atoms in total. The number of hydrogen-bond donors (Lipinski definition) is 1. The zero-order valence-electron chi connectivity index (χ0n) is 13.5. The number of nitrogens with two attached hydrogens (primary N) is 1. The third kappa shape index (κ3) is 3.07. The molecule has 4 heteroatoms. The average molecular weight is 278 g/mol. The van der Waals surface area contributed by atoms with E-state index in [-0.39, 0.29) is 11.6 Å². The average Bonchev–Trinajstić information content (AvgIpc) is 3.07. The van der Waals surface area contributed by atoms with Gasteiger partial charge in [-0.05, 0) is 59.2 Å². The van der Waals surface area contributed by atoms with Crippen molar-refractivity contribution in [3.05, 3.63) is 17.5 Å². The zero-order valence-corrected chi connectivity index (χ0v) is 13.5. The van der Waals surface area contributed by atoms with E-state index in [2.05, 4.69) is 48.4 Å². The van der Waals surface area contributed by atoms with Crippen molar-refractivity contribution in [3.8, 4) is 0 Å². The molecule has 0 saturated carbocycles. The number of aryl methyl sites for hydroxylation is 2. The van der Waals surface area contributed by atoms with Crippen LogP contribution in [0.5, 0.6) is 0 Å². The van der Waals surface area contributed by atoms with Gasteiger partial charge >= 0.3 is 0 Å². The van der Waals surface area contributed by atoms with Gasteiger partial charge in [0, 0.05) is 30.2 Å². The minimum Gasteiger partial charge on any atom is -0.326 e. The molecule has 2 rings (SSSR count). The number of nitrogens with zero attached hydrogens (tertiary/aromatic N) is 3. The van der Waals surface area contributed by atoms with Crippen LogP contribution in [0.1, 0.15) is 51.9 Å². The van der Waals surface area contributed by atoms with Crippen molar-refractivity contribution >= 4 is 0 Å². The van der Waals surface area contributed by atoms with Gasteiger partial charge in [-0.1, -0.05) is 6.92 Å². The molecule has 1 aliphatic heterocycles. The summed E-state index contributed by atoms with van der Waals surface area (Å²) in [5.74, 6) is 0. The van der Waals surface area contributed by atoms with E-state index < -0.39 is 0 Å². The van der Waals surface area contributed by atoms with Crippen molar-refractivity contribution in [2.75, 3.05) is 13.1 Å². The molecule has 0 amide bonds. The summed E-state index contributed by atoms with van der Waals surface area (Å²) in [5, 5.41) is 4.63. The van der Waals surface area contributed by atoms with Gasteiger partial charge in [-0.25, -0.2) is 0 Å². The molecule has 1 aliphatic rings. The highest BCUT2D eigenvalue weighted by Crippen LogP contribution is 2.25. The number of rotatable bonds is 6. The first-order valence-corrected chi connectivity index (χ1v) is 8.05. The zero-order chi connectivity index (χ0) is 14.8. The standard InChI is InChI=1S/C16H30N4/c1-5-13-11-14(20(6-2)18-13)12-15(17)16(3,4)19-9-7-8-10-19/h11,15H,5-10,12,17H2,1-4H3. The van der Waals surface area contributed by atoms with E-state index in [1.807, 2.05) is 0 Å². The fourth-order valence-corrected chi connectivity index (χ4v) is 3.13. The molecule has 1 saturated heterocycles. The Hall–Kier alpha value is -0.870. The minimum atomic E-state index is 0.0612. The van der Waals surface area contributed by atoms with Gasteiger partial charge in [0.05, 0.1) is 5.69 Å². The van der Waals surface area contributed by atoms with E-state index in [1.54, 1.807) is 0 Å². The molecular weight excluding hydrogens is 248 g/mol. The maximum absolute atomic E-state index is 6.55. The first-order valence-electron chi connectivity index (χ1n) is 8.05. The van der Waals surface area contributed by atoms with Crippen molar-refractivity contribution in [1.82, 2.24) is 14.7 Å². The summed E-state index contributed by atoms with van der Waals surface area (Å²) >= 11 is 0. The summed E-state index contributed by atoms with van der Waals surface area (Å²) in [4.78, 5) is 2.55. The SMILES string of the molecule is CCc1cc(CC(N)C(C)(C)N2CCCC2)n(CC)n1. The monoisotopic (exact) mass is 278 g/mol. The fourth-order valence-electron chi connectivity index (χ4n) is 3.13. The summed E-state index contributed by atoms with van der Waals surface area (Å²) in [6.07, 6.45) is 4.52. The lowest BCUT2D eigenvalue weighted by atomic mass is 9.89. The molecule has 1 atom stereocenters. The highest BCUT2D eigenvalue weighted by molar-refractivity contribution is 5.13. The largest absolute Gasteiger partial charge is 0.326 e. The van der Waals surface area contributed by atoms with Gasteiger partial charge in [0.1, 0.15) is 0 Å². The Morgan fingerprint density at radius 1 is 1.30 bits per heavy atom. The van der Waals surface area contributed by atoms with Gasteiger partial charge in [-0.2, -0.15) is 5.10 Å². The molecule has 0 spiro atoms. The van der Waals surface area contributed by atoms with Crippen LogP contribution in [0.25, 0.3) is 0 Å². The maximum atomic E-state index is 6.55. The lowest BCUT2D eigenvalue weighted by Gasteiger charge is -2.40. The van der Waals surface area contributed by atoms with E-state index in [4.69, 9.17) is 5.73 Å².